The van der Waals surface area contributed by atoms with E-state index in [9.17, 15) is 8.42 Å². The Bertz CT molecular complexity index is 1030. The minimum atomic E-state index is -3.76. The van der Waals surface area contributed by atoms with Crippen LogP contribution in [0.4, 0.5) is 0 Å². The van der Waals surface area contributed by atoms with Crippen LogP contribution in [0.3, 0.4) is 0 Å². The SMILES string of the molecule is CCCCCc1ccc(S(=O)(=O)N[C@H](c2ccccc2)[C@H](NCl)c2ccccc2)cc1. The molecule has 0 heterocycles. The van der Waals surface area contributed by atoms with Crippen LogP contribution in [0.15, 0.2) is 89.8 Å². The van der Waals surface area contributed by atoms with Gasteiger partial charge in [-0.15, -0.1) is 0 Å². The lowest BCUT2D eigenvalue weighted by Crippen LogP contribution is -2.36. The van der Waals surface area contributed by atoms with Gasteiger partial charge < -0.3 is 0 Å². The van der Waals surface area contributed by atoms with Crippen molar-refractivity contribution in [2.45, 2.75) is 49.6 Å². The van der Waals surface area contributed by atoms with Gasteiger partial charge in [0.2, 0.25) is 10.0 Å². The summed E-state index contributed by atoms with van der Waals surface area (Å²) in [6, 6.07) is 25.2. The highest BCUT2D eigenvalue weighted by atomic mass is 35.5. The molecule has 0 spiro atoms. The van der Waals surface area contributed by atoms with Gasteiger partial charge in [0.15, 0.2) is 0 Å². The lowest BCUT2D eigenvalue weighted by atomic mass is 9.95. The predicted molar refractivity (Wildman–Crippen MR) is 127 cm³/mol. The second-order valence-corrected chi connectivity index (χ2v) is 9.54. The van der Waals surface area contributed by atoms with E-state index < -0.39 is 22.1 Å². The lowest BCUT2D eigenvalue weighted by Gasteiger charge is -2.27. The molecule has 0 bridgehead atoms. The van der Waals surface area contributed by atoms with E-state index in [1.807, 2.05) is 72.8 Å². The van der Waals surface area contributed by atoms with Gasteiger partial charge in [-0.3, -0.25) is 0 Å². The molecule has 164 valence electrons. The molecule has 0 aliphatic rings. The highest BCUT2D eigenvalue weighted by Crippen LogP contribution is 2.31. The van der Waals surface area contributed by atoms with E-state index in [2.05, 4.69) is 16.5 Å². The number of aryl methyl sites for hydroxylation is 1. The fourth-order valence-electron chi connectivity index (χ4n) is 3.62. The molecular weight excluding hydrogens is 428 g/mol. The van der Waals surface area contributed by atoms with Crippen molar-refractivity contribution in [3.8, 4) is 0 Å². The van der Waals surface area contributed by atoms with E-state index in [0.717, 1.165) is 36.0 Å². The minimum Gasteiger partial charge on any atom is -0.224 e. The number of halogens is 1. The molecule has 0 aliphatic heterocycles. The standard InChI is InChI=1S/C25H29ClN2O2S/c1-2-3-6-11-20-16-18-23(19-17-20)31(29,30)28-25(22-14-9-5-10-15-22)24(27-26)21-12-7-4-8-13-21/h4-5,7-10,12-19,24-25,27-28H,2-3,6,11H2,1H3/t24-,25-/m1/s1. The predicted octanol–water partition coefficient (Wildman–Crippen LogP) is 5.92. The average Bonchev–Trinajstić information content (AvgIpc) is 2.81. The smallest absolute Gasteiger partial charge is 0.224 e. The molecule has 3 aromatic rings. The van der Waals surface area contributed by atoms with Gasteiger partial charge in [0.05, 0.1) is 17.0 Å². The van der Waals surface area contributed by atoms with Crippen molar-refractivity contribution in [3.05, 3.63) is 102 Å². The van der Waals surface area contributed by atoms with Crippen LogP contribution in [-0.4, -0.2) is 8.42 Å². The summed E-state index contributed by atoms with van der Waals surface area (Å²) in [7, 11) is -3.76. The number of rotatable bonds is 11. The first-order valence-electron chi connectivity index (χ1n) is 10.6. The highest BCUT2D eigenvalue weighted by Gasteiger charge is 2.29. The maximum Gasteiger partial charge on any atom is 0.241 e. The van der Waals surface area contributed by atoms with E-state index in [1.54, 1.807) is 12.1 Å². The summed E-state index contributed by atoms with van der Waals surface area (Å²) in [5.41, 5.74) is 2.86. The Labute approximate surface area is 190 Å². The van der Waals surface area contributed by atoms with Gasteiger partial charge in [-0.1, -0.05) is 92.6 Å². The Balaban J connectivity index is 1.88. The minimum absolute atomic E-state index is 0.244. The van der Waals surface area contributed by atoms with Crippen LogP contribution < -0.4 is 9.56 Å². The number of sulfonamides is 1. The van der Waals surface area contributed by atoms with Gasteiger partial charge in [0, 0.05) is 0 Å². The van der Waals surface area contributed by atoms with Crippen LogP contribution in [0.25, 0.3) is 0 Å². The van der Waals surface area contributed by atoms with Gasteiger partial charge in [0.1, 0.15) is 0 Å². The van der Waals surface area contributed by atoms with Crippen molar-refractivity contribution in [3.63, 3.8) is 0 Å². The van der Waals surface area contributed by atoms with Crippen molar-refractivity contribution in [2.75, 3.05) is 0 Å². The summed E-state index contributed by atoms with van der Waals surface area (Å²) in [6.45, 7) is 2.17. The number of nitrogens with one attached hydrogen (secondary N) is 2. The van der Waals surface area contributed by atoms with Gasteiger partial charge in [0.25, 0.3) is 0 Å². The summed E-state index contributed by atoms with van der Waals surface area (Å²) in [5.74, 6) is 0. The Hall–Kier alpha value is -2.18. The van der Waals surface area contributed by atoms with Crippen molar-refractivity contribution in [2.24, 2.45) is 0 Å². The quantitative estimate of drug-likeness (QED) is 0.278. The number of unbranched alkanes of at least 4 members (excludes halogenated alkanes) is 2. The third-order valence-electron chi connectivity index (χ3n) is 5.35. The Morgan fingerprint density at radius 2 is 1.32 bits per heavy atom. The molecule has 0 amide bonds. The molecule has 0 fully saturated rings. The molecular formula is C25H29ClN2O2S. The maximum absolute atomic E-state index is 13.3. The number of benzene rings is 3. The molecule has 0 aromatic heterocycles. The zero-order chi connectivity index (χ0) is 22.1. The third kappa shape index (κ3) is 6.40. The zero-order valence-corrected chi connectivity index (χ0v) is 19.2. The number of hydrogen-bond acceptors (Lipinski definition) is 3. The Morgan fingerprint density at radius 1 is 0.774 bits per heavy atom. The molecule has 0 aliphatic carbocycles. The average molecular weight is 457 g/mol. The molecule has 3 aromatic carbocycles. The molecule has 31 heavy (non-hydrogen) atoms. The molecule has 3 rings (SSSR count). The van der Waals surface area contributed by atoms with Crippen molar-refractivity contribution in [1.82, 2.24) is 9.56 Å². The molecule has 4 nitrogen and oxygen atoms in total. The van der Waals surface area contributed by atoms with Crippen LogP contribution in [0.5, 0.6) is 0 Å². The van der Waals surface area contributed by atoms with E-state index in [0.29, 0.717) is 0 Å². The van der Waals surface area contributed by atoms with E-state index in [1.165, 1.54) is 6.42 Å². The molecule has 2 atom stereocenters. The topological polar surface area (TPSA) is 58.2 Å². The number of hydrogen-bond donors (Lipinski definition) is 2. The normalized spacial score (nSPS) is 13.6. The molecule has 0 unspecified atom stereocenters. The maximum atomic E-state index is 13.3. The van der Waals surface area contributed by atoms with E-state index >= 15 is 0 Å². The lowest BCUT2D eigenvalue weighted by molar-refractivity contribution is 0.482. The summed E-state index contributed by atoms with van der Waals surface area (Å²) >= 11 is 6.12. The largest absolute Gasteiger partial charge is 0.241 e. The van der Waals surface area contributed by atoms with Gasteiger partial charge in [-0.05, 0) is 53.4 Å². The van der Waals surface area contributed by atoms with Crippen molar-refractivity contribution in [1.29, 1.82) is 0 Å². The van der Waals surface area contributed by atoms with Gasteiger partial charge in [-0.2, -0.15) is 0 Å². The van der Waals surface area contributed by atoms with Crippen LogP contribution in [0.2, 0.25) is 0 Å². The molecule has 0 saturated heterocycles. The fraction of sp³-hybridized carbons (Fsp3) is 0.280. The van der Waals surface area contributed by atoms with Crippen LogP contribution in [0, 0.1) is 0 Å². The first kappa shape index (κ1) is 23.5. The first-order chi connectivity index (χ1) is 15.0. The summed E-state index contributed by atoms with van der Waals surface area (Å²) in [6.07, 6.45) is 4.40. The van der Waals surface area contributed by atoms with Gasteiger partial charge in [-0.25, -0.2) is 18.0 Å². The Morgan fingerprint density at radius 3 is 1.84 bits per heavy atom. The summed E-state index contributed by atoms with van der Waals surface area (Å²) < 4.78 is 29.4. The van der Waals surface area contributed by atoms with Crippen LogP contribution in [-0.2, 0) is 16.4 Å². The fourth-order valence-corrected chi connectivity index (χ4v) is 5.11. The molecule has 0 radical (unpaired) electrons. The molecule has 2 N–H and O–H groups in total. The van der Waals surface area contributed by atoms with E-state index in [-0.39, 0.29) is 4.90 Å². The molecule has 0 saturated carbocycles. The van der Waals surface area contributed by atoms with Crippen molar-refractivity contribution >= 4 is 21.8 Å². The molecule has 6 heteroatoms. The second-order valence-electron chi connectivity index (χ2n) is 7.61. The van der Waals surface area contributed by atoms with Crippen molar-refractivity contribution < 1.29 is 8.42 Å². The summed E-state index contributed by atoms with van der Waals surface area (Å²) in [5, 5.41) is 0. The monoisotopic (exact) mass is 456 g/mol. The second kappa shape index (κ2) is 11.4. The Kier molecular flexibility index (Phi) is 8.67. The van der Waals surface area contributed by atoms with Crippen LogP contribution >= 0.6 is 11.8 Å². The summed E-state index contributed by atoms with van der Waals surface area (Å²) in [4.78, 5) is 3.02. The third-order valence-corrected chi connectivity index (χ3v) is 7.05. The van der Waals surface area contributed by atoms with Crippen LogP contribution in [0.1, 0.15) is 55.0 Å². The first-order valence-corrected chi connectivity index (χ1v) is 12.5. The van der Waals surface area contributed by atoms with E-state index in [4.69, 9.17) is 11.8 Å². The zero-order valence-electron chi connectivity index (χ0n) is 17.7. The van der Waals surface area contributed by atoms with Gasteiger partial charge >= 0.3 is 0 Å². The highest BCUT2D eigenvalue weighted by molar-refractivity contribution is 7.89.